The molecule has 0 spiro atoms. The number of hydrogen-bond acceptors (Lipinski definition) is 2. The minimum absolute atomic E-state index is 0.102. The van der Waals surface area contributed by atoms with Gasteiger partial charge >= 0.3 is 12.1 Å². The van der Waals surface area contributed by atoms with Gasteiger partial charge in [-0.2, -0.15) is 0 Å². The number of anilines is 2. The highest BCUT2D eigenvalue weighted by atomic mass is 19.1. The molecule has 0 aromatic heterocycles. The van der Waals surface area contributed by atoms with Crippen molar-refractivity contribution in [2.45, 2.75) is 19.9 Å². The number of amides is 4. The highest BCUT2D eigenvalue weighted by molar-refractivity contribution is 5.93. The van der Waals surface area contributed by atoms with E-state index >= 15 is 0 Å². The second-order valence-corrected chi connectivity index (χ2v) is 6.37. The Morgan fingerprint density at radius 3 is 2.63 bits per heavy atom. The van der Waals surface area contributed by atoms with Crippen LogP contribution in [0.5, 0.6) is 0 Å². The largest absolute Gasteiger partial charge is 0.338 e. The second kappa shape index (κ2) is 8.53. The summed E-state index contributed by atoms with van der Waals surface area (Å²) >= 11 is 0. The summed E-state index contributed by atoms with van der Waals surface area (Å²) in [6, 6.07) is 13.1. The highest BCUT2D eigenvalue weighted by Gasteiger charge is 2.26. The van der Waals surface area contributed by atoms with Crippen molar-refractivity contribution < 1.29 is 14.0 Å². The highest BCUT2D eigenvalue weighted by Crippen LogP contribution is 2.23. The Morgan fingerprint density at radius 1 is 1.15 bits per heavy atom. The SMILES string of the molecule is CCNC(=O)Nc1ccc(N2CCCN(Cc3cccc(F)c3)C2=O)cc1. The lowest BCUT2D eigenvalue weighted by molar-refractivity contribution is 0.192. The molecule has 1 aliphatic heterocycles. The molecular weight excluding hydrogens is 347 g/mol. The maximum absolute atomic E-state index is 13.4. The standard InChI is InChI=1S/C20H23FN4O2/c1-2-22-19(26)23-17-7-9-18(10-8-17)25-12-4-11-24(20(25)27)14-15-5-3-6-16(21)13-15/h3,5-10,13H,2,4,11-12,14H2,1H3,(H2,22,23,26). The van der Waals surface area contributed by atoms with Gasteiger partial charge in [-0.15, -0.1) is 0 Å². The van der Waals surface area contributed by atoms with Gasteiger partial charge in [-0.3, -0.25) is 4.90 Å². The van der Waals surface area contributed by atoms with E-state index in [1.54, 1.807) is 28.0 Å². The zero-order valence-corrected chi connectivity index (χ0v) is 15.2. The van der Waals surface area contributed by atoms with Gasteiger partial charge in [0.2, 0.25) is 0 Å². The molecule has 3 rings (SSSR count). The van der Waals surface area contributed by atoms with Crippen molar-refractivity contribution in [3.8, 4) is 0 Å². The van der Waals surface area contributed by atoms with Gasteiger partial charge in [-0.1, -0.05) is 12.1 Å². The van der Waals surface area contributed by atoms with Crippen molar-refractivity contribution in [2.75, 3.05) is 29.9 Å². The van der Waals surface area contributed by atoms with Gasteiger partial charge in [0.15, 0.2) is 0 Å². The van der Waals surface area contributed by atoms with Gasteiger partial charge in [0.25, 0.3) is 0 Å². The lowest BCUT2D eigenvalue weighted by atomic mass is 10.1. The molecule has 7 heteroatoms. The normalized spacial score (nSPS) is 14.2. The molecular formula is C20H23FN4O2. The van der Waals surface area contributed by atoms with E-state index in [0.717, 1.165) is 17.7 Å². The summed E-state index contributed by atoms with van der Waals surface area (Å²) in [5.74, 6) is -0.302. The van der Waals surface area contributed by atoms with Gasteiger partial charge in [-0.05, 0) is 55.3 Å². The summed E-state index contributed by atoms with van der Waals surface area (Å²) in [6.45, 7) is 4.04. The summed E-state index contributed by atoms with van der Waals surface area (Å²) in [5.41, 5.74) is 2.20. The second-order valence-electron chi connectivity index (χ2n) is 6.37. The maximum Gasteiger partial charge on any atom is 0.324 e. The van der Waals surface area contributed by atoms with E-state index < -0.39 is 0 Å². The van der Waals surface area contributed by atoms with Crippen molar-refractivity contribution in [1.29, 1.82) is 0 Å². The third-order valence-corrected chi connectivity index (χ3v) is 4.35. The molecule has 0 aliphatic carbocycles. The number of halogens is 1. The van der Waals surface area contributed by atoms with Crippen LogP contribution in [0.1, 0.15) is 18.9 Å². The first-order chi connectivity index (χ1) is 13.1. The molecule has 4 amide bonds. The number of hydrogen-bond donors (Lipinski definition) is 2. The molecule has 1 aliphatic rings. The van der Waals surface area contributed by atoms with Gasteiger partial charge in [0.05, 0.1) is 0 Å². The van der Waals surface area contributed by atoms with Crippen LogP contribution in [-0.4, -0.2) is 36.6 Å². The zero-order chi connectivity index (χ0) is 19.2. The molecule has 142 valence electrons. The molecule has 2 aromatic carbocycles. The van der Waals surface area contributed by atoms with E-state index in [4.69, 9.17) is 0 Å². The van der Waals surface area contributed by atoms with Crippen molar-refractivity contribution in [3.05, 3.63) is 59.9 Å². The lowest BCUT2D eigenvalue weighted by Gasteiger charge is -2.35. The Hall–Kier alpha value is -3.09. The predicted molar refractivity (Wildman–Crippen MR) is 103 cm³/mol. The summed E-state index contributed by atoms with van der Waals surface area (Å²) < 4.78 is 13.4. The molecule has 6 nitrogen and oxygen atoms in total. The Labute approximate surface area is 158 Å². The number of urea groups is 2. The van der Waals surface area contributed by atoms with Crippen LogP contribution < -0.4 is 15.5 Å². The Kier molecular flexibility index (Phi) is 5.90. The average Bonchev–Trinajstić information content (AvgIpc) is 2.64. The molecule has 0 bridgehead atoms. The summed E-state index contributed by atoms with van der Waals surface area (Å²) in [5, 5.41) is 5.40. The van der Waals surface area contributed by atoms with Crippen molar-refractivity contribution in [2.24, 2.45) is 0 Å². The van der Waals surface area contributed by atoms with Crippen LogP contribution in [0.4, 0.5) is 25.4 Å². The summed E-state index contributed by atoms with van der Waals surface area (Å²) in [6.07, 6.45) is 0.833. The molecule has 0 atom stereocenters. The number of nitrogens with zero attached hydrogens (tertiary/aromatic N) is 2. The van der Waals surface area contributed by atoms with Crippen LogP contribution in [0.15, 0.2) is 48.5 Å². The minimum atomic E-state index is -0.302. The molecule has 1 fully saturated rings. The monoisotopic (exact) mass is 370 g/mol. The molecule has 1 saturated heterocycles. The van der Waals surface area contributed by atoms with E-state index in [1.807, 2.05) is 25.1 Å². The Morgan fingerprint density at radius 2 is 1.93 bits per heavy atom. The topological polar surface area (TPSA) is 64.7 Å². The fraction of sp³-hybridized carbons (Fsp3) is 0.300. The van der Waals surface area contributed by atoms with Gasteiger partial charge in [-0.25, -0.2) is 14.0 Å². The number of nitrogens with one attached hydrogen (secondary N) is 2. The van der Waals surface area contributed by atoms with Crippen molar-refractivity contribution >= 4 is 23.4 Å². The van der Waals surface area contributed by atoms with E-state index in [-0.39, 0.29) is 17.9 Å². The number of carbonyl (C=O) groups excluding carboxylic acids is 2. The first kappa shape index (κ1) is 18.7. The van der Waals surface area contributed by atoms with Gasteiger partial charge in [0.1, 0.15) is 5.82 Å². The van der Waals surface area contributed by atoms with Crippen LogP contribution in [-0.2, 0) is 6.54 Å². The molecule has 2 N–H and O–H groups in total. The third kappa shape index (κ3) is 4.75. The predicted octanol–water partition coefficient (Wildman–Crippen LogP) is 3.80. The van der Waals surface area contributed by atoms with Crippen molar-refractivity contribution in [1.82, 2.24) is 10.2 Å². The van der Waals surface area contributed by atoms with Crippen LogP contribution in [0.25, 0.3) is 0 Å². The fourth-order valence-electron chi connectivity index (χ4n) is 3.08. The van der Waals surface area contributed by atoms with E-state index in [9.17, 15) is 14.0 Å². The molecule has 1 heterocycles. The van der Waals surface area contributed by atoms with Crippen LogP contribution >= 0.6 is 0 Å². The zero-order valence-electron chi connectivity index (χ0n) is 15.2. The summed E-state index contributed by atoms with van der Waals surface area (Å²) in [4.78, 5) is 27.8. The smallest absolute Gasteiger partial charge is 0.324 e. The Balaban J connectivity index is 1.67. The number of benzene rings is 2. The number of rotatable bonds is 5. The van der Waals surface area contributed by atoms with Crippen LogP contribution in [0.2, 0.25) is 0 Å². The third-order valence-electron chi connectivity index (χ3n) is 4.35. The molecule has 27 heavy (non-hydrogen) atoms. The molecule has 0 saturated carbocycles. The van der Waals surface area contributed by atoms with Gasteiger partial charge in [0, 0.05) is 37.6 Å². The first-order valence-corrected chi connectivity index (χ1v) is 9.02. The van der Waals surface area contributed by atoms with Gasteiger partial charge < -0.3 is 15.5 Å². The summed E-state index contributed by atoms with van der Waals surface area (Å²) in [7, 11) is 0. The lowest BCUT2D eigenvalue weighted by Crippen LogP contribution is -2.49. The minimum Gasteiger partial charge on any atom is -0.338 e. The molecule has 0 unspecified atom stereocenters. The molecule has 0 radical (unpaired) electrons. The molecule has 2 aromatic rings. The average molecular weight is 370 g/mol. The van der Waals surface area contributed by atoms with E-state index in [0.29, 0.717) is 31.9 Å². The fourth-order valence-corrected chi connectivity index (χ4v) is 3.08. The quantitative estimate of drug-likeness (QED) is 0.841. The number of carbonyl (C=O) groups is 2. The van der Waals surface area contributed by atoms with E-state index in [1.165, 1.54) is 12.1 Å². The van der Waals surface area contributed by atoms with Crippen LogP contribution in [0.3, 0.4) is 0 Å². The maximum atomic E-state index is 13.4. The van der Waals surface area contributed by atoms with E-state index in [2.05, 4.69) is 10.6 Å². The van der Waals surface area contributed by atoms with Crippen LogP contribution in [0, 0.1) is 5.82 Å². The van der Waals surface area contributed by atoms with Crippen molar-refractivity contribution in [3.63, 3.8) is 0 Å². The Bertz CT molecular complexity index is 810. The first-order valence-electron chi connectivity index (χ1n) is 9.02.